The van der Waals surface area contributed by atoms with E-state index in [-0.39, 0.29) is 12.7 Å². The van der Waals surface area contributed by atoms with Crippen molar-refractivity contribution in [3.05, 3.63) is 58.1 Å². The third-order valence-electron chi connectivity index (χ3n) is 3.21. The molecule has 2 aromatic carbocycles. The molecule has 22 heavy (non-hydrogen) atoms. The summed E-state index contributed by atoms with van der Waals surface area (Å²) in [6.07, 6.45) is 3.23. The van der Waals surface area contributed by atoms with Crippen molar-refractivity contribution in [2.24, 2.45) is 0 Å². The molecule has 5 heteroatoms. The van der Waals surface area contributed by atoms with Crippen molar-refractivity contribution in [1.82, 2.24) is 0 Å². The number of amides is 1. The molecule has 0 bridgehead atoms. The fourth-order valence-electron chi connectivity index (χ4n) is 2.08. The van der Waals surface area contributed by atoms with Crippen LogP contribution < -0.4 is 14.8 Å². The Balaban J connectivity index is 1.68. The molecule has 0 spiro atoms. The van der Waals surface area contributed by atoms with E-state index < -0.39 is 0 Å². The second-order valence-corrected chi connectivity index (χ2v) is 5.77. The number of carbonyl (C=O) groups excluding carboxylic acids is 1. The second-order valence-electron chi connectivity index (χ2n) is 4.92. The average molecular weight is 360 g/mol. The first-order valence-corrected chi connectivity index (χ1v) is 7.56. The van der Waals surface area contributed by atoms with Gasteiger partial charge in [-0.05, 0) is 64.3 Å². The zero-order chi connectivity index (χ0) is 15.5. The minimum atomic E-state index is -0.192. The van der Waals surface area contributed by atoms with Gasteiger partial charge < -0.3 is 14.8 Å². The van der Waals surface area contributed by atoms with Gasteiger partial charge in [-0.15, -0.1) is 0 Å². The maximum Gasteiger partial charge on any atom is 0.248 e. The van der Waals surface area contributed by atoms with Crippen LogP contribution in [-0.4, -0.2) is 12.7 Å². The summed E-state index contributed by atoms with van der Waals surface area (Å²) in [5, 5.41) is 2.83. The smallest absolute Gasteiger partial charge is 0.248 e. The quantitative estimate of drug-likeness (QED) is 0.837. The van der Waals surface area contributed by atoms with Crippen molar-refractivity contribution in [2.75, 3.05) is 12.1 Å². The van der Waals surface area contributed by atoms with Crippen molar-refractivity contribution >= 4 is 33.6 Å². The van der Waals surface area contributed by atoms with Crippen LogP contribution in [-0.2, 0) is 4.79 Å². The molecule has 1 amide bonds. The number of nitrogens with one attached hydrogen (secondary N) is 1. The summed E-state index contributed by atoms with van der Waals surface area (Å²) in [5.74, 6) is 1.23. The number of anilines is 1. The van der Waals surface area contributed by atoms with E-state index in [0.29, 0.717) is 5.75 Å². The molecule has 0 radical (unpaired) electrons. The van der Waals surface area contributed by atoms with Crippen LogP contribution in [0.2, 0.25) is 0 Å². The van der Waals surface area contributed by atoms with Crippen LogP contribution in [0, 0.1) is 6.92 Å². The lowest BCUT2D eigenvalue weighted by atomic mass is 10.2. The van der Waals surface area contributed by atoms with Gasteiger partial charge in [0.2, 0.25) is 12.7 Å². The Morgan fingerprint density at radius 2 is 2.00 bits per heavy atom. The van der Waals surface area contributed by atoms with Gasteiger partial charge in [0.05, 0.1) is 5.69 Å². The van der Waals surface area contributed by atoms with Crippen LogP contribution in [0.4, 0.5) is 5.69 Å². The van der Waals surface area contributed by atoms with E-state index in [1.807, 2.05) is 43.3 Å². The zero-order valence-corrected chi connectivity index (χ0v) is 13.5. The first-order chi connectivity index (χ1) is 10.6. The molecule has 1 heterocycles. The van der Waals surface area contributed by atoms with Gasteiger partial charge in [-0.25, -0.2) is 0 Å². The molecule has 0 fully saturated rings. The molecule has 0 unspecified atom stereocenters. The van der Waals surface area contributed by atoms with Crippen LogP contribution >= 0.6 is 15.9 Å². The number of rotatable bonds is 3. The molecule has 2 aromatic rings. The summed E-state index contributed by atoms with van der Waals surface area (Å²) < 4.78 is 11.4. The molecule has 0 aliphatic carbocycles. The first kappa shape index (κ1) is 14.7. The van der Waals surface area contributed by atoms with E-state index in [9.17, 15) is 4.79 Å². The Hall–Kier alpha value is -2.27. The summed E-state index contributed by atoms with van der Waals surface area (Å²) in [7, 11) is 0. The number of fused-ring (bicyclic) bond motifs is 1. The maximum atomic E-state index is 12.0. The second kappa shape index (κ2) is 6.23. The van der Waals surface area contributed by atoms with Gasteiger partial charge in [0.1, 0.15) is 0 Å². The van der Waals surface area contributed by atoms with Crippen LogP contribution in [0.25, 0.3) is 6.08 Å². The van der Waals surface area contributed by atoms with Crippen LogP contribution in [0.3, 0.4) is 0 Å². The summed E-state index contributed by atoms with van der Waals surface area (Å²) in [6.45, 7) is 2.24. The van der Waals surface area contributed by atoms with Gasteiger partial charge >= 0.3 is 0 Å². The summed E-state index contributed by atoms with van der Waals surface area (Å²) in [4.78, 5) is 12.0. The zero-order valence-electron chi connectivity index (χ0n) is 11.9. The molecule has 0 atom stereocenters. The lowest BCUT2D eigenvalue weighted by Crippen LogP contribution is -2.08. The lowest BCUT2D eigenvalue weighted by molar-refractivity contribution is -0.111. The topological polar surface area (TPSA) is 47.6 Å². The number of aryl methyl sites for hydroxylation is 1. The highest BCUT2D eigenvalue weighted by Crippen LogP contribution is 2.32. The largest absolute Gasteiger partial charge is 0.454 e. The normalized spacial score (nSPS) is 12.6. The Morgan fingerprint density at radius 3 is 2.82 bits per heavy atom. The number of hydrogen-bond donors (Lipinski definition) is 1. The molecule has 4 nitrogen and oxygen atoms in total. The minimum absolute atomic E-state index is 0.192. The van der Waals surface area contributed by atoms with Crippen LogP contribution in [0.5, 0.6) is 11.5 Å². The van der Waals surface area contributed by atoms with E-state index in [2.05, 4.69) is 21.2 Å². The van der Waals surface area contributed by atoms with E-state index >= 15 is 0 Å². The van der Waals surface area contributed by atoms with Crippen molar-refractivity contribution in [3.63, 3.8) is 0 Å². The average Bonchev–Trinajstić information content (AvgIpc) is 2.95. The molecular weight excluding hydrogens is 346 g/mol. The van der Waals surface area contributed by atoms with E-state index in [4.69, 9.17) is 9.47 Å². The Bertz CT molecular complexity index is 756. The van der Waals surface area contributed by atoms with Crippen molar-refractivity contribution < 1.29 is 14.3 Å². The molecule has 112 valence electrons. The van der Waals surface area contributed by atoms with Crippen LogP contribution in [0.15, 0.2) is 46.9 Å². The number of hydrogen-bond acceptors (Lipinski definition) is 3. The summed E-state index contributed by atoms with van der Waals surface area (Å²) in [6, 6.07) is 11.3. The fourth-order valence-corrected chi connectivity index (χ4v) is 2.68. The Morgan fingerprint density at radius 1 is 1.18 bits per heavy atom. The monoisotopic (exact) mass is 359 g/mol. The van der Waals surface area contributed by atoms with Gasteiger partial charge in [-0.2, -0.15) is 0 Å². The third kappa shape index (κ3) is 3.31. The van der Waals surface area contributed by atoms with E-state index in [1.54, 1.807) is 6.08 Å². The SMILES string of the molecule is Cc1ccc(NC(=O)/C=C/c2ccc3c(c2)OCO3)c(Br)c1. The highest BCUT2D eigenvalue weighted by atomic mass is 79.9. The van der Waals surface area contributed by atoms with E-state index in [0.717, 1.165) is 27.0 Å². The highest BCUT2D eigenvalue weighted by molar-refractivity contribution is 9.10. The molecule has 0 saturated heterocycles. The van der Waals surface area contributed by atoms with Crippen molar-refractivity contribution in [1.29, 1.82) is 0 Å². The molecule has 1 aliphatic rings. The molecule has 3 rings (SSSR count). The predicted octanol–water partition coefficient (Wildman–Crippen LogP) is 4.14. The fraction of sp³-hybridized carbons (Fsp3) is 0.118. The molecular formula is C17H14BrNO3. The number of carbonyl (C=O) groups is 1. The molecule has 0 aromatic heterocycles. The van der Waals surface area contributed by atoms with Crippen molar-refractivity contribution in [2.45, 2.75) is 6.92 Å². The molecule has 0 saturated carbocycles. The predicted molar refractivity (Wildman–Crippen MR) is 89.1 cm³/mol. The molecule has 1 aliphatic heterocycles. The Labute approximate surface area is 136 Å². The van der Waals surface area contributed by atoms with Gasteiger partial charge in [0.15, 0.2) is 11.5 Å². The number of ether oxygens (including phenoxy) is 2. The first-order valence-electron chi connectivity index (χ1n) is 6.77. The van der Waals surface area contributed by atoms with Crippen LogP contribution in [0.1, 0.15) is 11.1 Å². The molecule has 1 N–H and O–H groups in total. The number of halogens is 1. The summed E-state index contributed by atoms with van der Waals surface area (Å²) in [5.41, 5.74) is 2.74. The minimum Gasteiger partial charge on any atom is -0.454 e. The van der Waals surface area contributed by atoms with Crippen molar-refractivity contribution in [3.8, 4) is 11.5 Å². The standard InChI is InChI=1S/C17H14BrNO3/c1-11-2-5-14(13(18)8-11)19-17(20)7-4-12-3-6-15-16(9-12)22-10-21-15/h2-9H,10H2,1H3,(H,19,20)/b7-4+. The number of benzene rings is 2. The summed E-state index contributed by atoms with van der Waals surface area (Å²) >= 11 is 3.44. The Kier molecular flexibility index (Phi) is 4.15. The van der Waals surface area contributed by atoms with E-state index in [1.165, 1.54) is 6.08 Å². The van der Waals surface area contributed by atoms with Gasteiger partial charge in [-0.3, -0.25) is 4.79 Å². The third-order valence-corrected chi connectivity index (χ3v) is 3.86. The highest BCUT2D eigenvalue weighted by Gasteiger charge is 2.12. The van der Waals surface area contributed by atoms with Gasteiger partial charge in [-0.1, -0.05) is 12.1 Å². The van der Waals surface area contributed by atoms with Gasteiger partial charge in [0.25, 0.3) is 0 Å². The van der Waals surface area contributed by atoms with Gasteiger partial charge in [0, 0.05) is 10.5 Å². The maximum absolute atomic E-state index is 12.0. The lowest BCUT2D eigenvalue weighted by Gasteiger charge is -2.05.